The molecule has 1 N–H and O–H groups in total. The number of halogens is 1. The summed E-state index contributed by atoms with van der Waals surface area (Å²) in [6, 6.07) is 3.69. The molecule has 0 aliphatic rings. The normalized spacial score (nSPS) is 11.5. The van der Waals surface area contributed by atoms with Crippen LogP contribution in [-0.4, -0.2) is 22.8 Å². The van der Waals surface area contributed by atoms with Crippen molar-refractivity contribution in [2.75, 3.05) is 12.3 Å². The van der Waals surface area contributed by atoms with Crippen molar-refractivity contribution >= 4 is 23.4 Å². The molecule has 2 nitrogen and oxygen atoms in total. The molecular formula is C13H19ClN2S. The summed E-state index contributed by atoms with van der Waals surface area (Å²) >= 11 is 7.65. The number of pyridine rings is 1. The quantitative estimate of drug-likeness (QED) is 0.651. The van der Waals surface area contributed by atoms with Crippen molar-refractivity contribution in [3.63, 3.8) is 0 Å². The van der Waals surface area contributed by atoms with Gasteiger partial charge in [-0.25, -0.2) is 4.98 Å². The molecule has 0 unspecified atom stereocenters. The van der Waals surface area contributed by atoms with Gasteiger partial charge in [-0.05, 0) is 32.9 Å². The summed E-state index contributed by atoms with van der Waals surface area (Å²) in [4.78, 5) is 4.23. The van der Waals surface area contributed by atoms with Crippen molar-refractivity contribution in [3.8, 4) is 0 Å². The molecule has 0 atom stereocenters. The van der Waals surface area contributed by atoms with Gasteiger partial charge in [0.2, 0.25) is 0 Å². The van der Waals surface area contributed by atoms with Crippen LogP contribution in [0.1, 0.15) is 20.8 Å². The zero-order valence-electron chi connectivity index (χ0n) is 10.6. The maximum atomic E-state index is 6.03. The molecule has 1 heterocycles. The van der Waals surface area contributed by atoms with Crippen molar-refractivity contribution < 1.29 is 0 Å². The maximum Gasteiger partial charge on any atom is 0.115 e. The average Bonchev–Trinajstić information content (AvgIpc) is 2.24. The van der Waals surface area contributed by atoms with E-state index in [4.69, 9.17) is 11.6 Å². The van der Waals surface area contributed by atoms with Crippen LogP contribution in [0.25, 0.3) is 0 Å². The Morgan fingerprint density at radius 2 is 2.24 bits per heavy atom. The Bertz CT molecular complexity index is 385. The standard InChI is InChI=1S/C13H19ClN2S/c1-10(8-16-13(2,3)4)9-17-12-11(14)6-5-7-15-12/h5-7,16H,1,8-9H2,2-4H3. The highest BCUT2D eigenvalue weighted by Crippen LogP contribution is 2.25. The van der Waals surface area contributed by atoms with E-state index in [9.17, 15) is 0 Å². The van der Waals surface area contributed by atoms with Gasteiger partial charge in [-0.1, -0.05) is 23.8 Å². The largest absolute Gasteiger partial charge is 0.308 e. The number of nitrogens with one attached hydrogen (secondary N) is 1. The second-order valence-corrected chi connectivity index (χ2v) is 6.30. The van der Waals surface area contributed by atoms with E-state index in [1.165, 1.54) is 0 Å². The summed E-state index contributed by atoms with van der Waals surface area (Å²) in [6.45, 7) is 11.3. The van der Waals surface area contributed by atoms with Crippen molar-refractivity contribution in [3.05, 3.63) is 35.5 Å². The summed E-state index contributed by atoms with van der Waals surface area (Å²) in [6.07, 6.45) is 1.75. The molecule has 4 heteroatoms. The van der Waals surface area contributed by atoms with Gasteiger partial charge in [0.05, 0.1) is 5.02 Å². The minimum atomic E-state index is 0.121. The number of thioether (sulfide) groups is 1. The molecule has 0 saturated carbocycles. The Hall–Kier alpha value is -0.510. The van der Waals surface area contributed by atoms with E-state index >= 15 is 0 Å². The molecule has 1 rings (SSSR count). The van der Waals surface area contributed by atoms with E-state index < -0.39 is 0 Å². The lowest BCUT2D eigenvalue weighted by Crippen LogP contribution is -2.37. The minimum absolute atomic E-state index is 0.121. The van der Waals surface area contributed by atoms with Crippen LogP contribution in [0.15, 0.2) is 35.5 Å². The molecule has 0 aliphatic heterocycles. The third-order valence-electron chi connectivity index (χ3n) is 2.01. The molecule has 17 heavy (non-hydrogen) atoms. The highest BCUT2D eigenvalue weighted by atomic mass is 35.5. The third kappa shape index (κ3) is 6.10. The monoisotopic (exact) mass is 270 g/mol. The van der Waals surface area contributed by atoms with Gasteiger partial charge in [-0.3, -0.25) is 0 Å². The first-order chi connectivity index (χ1) is 7.88. The summed E-state index contributed by atoms with van der Waals surface area (Å²) in [5.41, 5.74) is 1.27. The first kappa shape index (κ1) is 14.6. The molecule has 0 fully saturated rings. The second-order valence-electron chi connectivity index (χ2n) is 4.93. The molecular weight excluding hydrogens is 252 g/mol. The van der Waals surface area contributed by atoms with Crippen LogP contribution >= 0.6 is 23.4 Å². The molecule has 0 aromatic carbocycles. The van der Waals surface area contributed by atoms with Gasteiger partial charge < -0.3 is 5.32 Å². The number of rotatable bonds is 5. The van der Waals surface area contributed by atoms with E-state index in [1.807, 2.05) is 12.1 Å². The van der Waals surface area contributed by atoms with Crippen LogP contribution in [0.5, 0.6) is 0 Å². The number of hydrogen-bond donors (Lipinski definition) is 1. The fraction of sp³-hybridized carbons (Fsp3) is 0.462. The van der Waals surface area contributed by atoms with E-state index in [2.05, 4.69) is 37.7 Å². The number of nitrogens with zero attached hydrogens (tertiary/aromatic N) is 1. The van der Waals surface area contributed by atoms with Crippen molar-refractivity contribution in [1.29, 1.82) is 0 Å². The second kappa shape index (κ2) is 6.43. The highest BCUT2D eigenvalue weighted by molar-refractivity contribution is 7.99. The maximum absolute atomic E-state index is 6.03. The van der Waals surface area contributed by atoms with Crippen molar-refractivity contribution in [1.82, 2.24) is 10.3 Å². The SMILES string of the molecule is C=C(CNC(C)(C)C)CSc1ncccc1Cl. The fourth-order valence-electron chi connectivity index (χ4n) is 1.09. The van der Waals surface area contributed by atoms with Gasteiger partial charge in [-0.15, -0.1) is 11.8 Å². The lowest BCUT2D eigenvalue weighted by molar-refractivity contribution is 0.445. The number of aromatic nitrogens is 1. The Morgan fingerprint density at radius 1 is 1.53 bits per heavy atom. The molecule has 0 radical (unpaired) electrons. The molecule has 0 spiro atoms. The Kier molecular flexibility index (Phi) is 5.50. The summed E-state index contributed by atoms with van der Waals surface area (Å²) in [7, 11) is 0. The van der Waals surface area contributed by atoms with Crippen LogP contribution in [0.2, 0.25) is 5.02 Å². The zero-order valence-corrected chi connectivity index (χ0v) is 12.2. The summed E-state index contributed by atoms with van der Waals surface area (Å²) in [5, 5.41) is 4.98. The average molecular weight is 271 g/mol. The van der Waals surface area contributed by atoms with Gasteiger partial charge in [0.15, 0.2) is 0 Å². The summed E-state index contributed by atoms with van der Waals surface area (Å²) in [5.74, 6) is 0.833. The first-order valence-electron chi connectivity index (χ1n) is 5.53. The zero-order chi connectivity index (χ0) is 12.9. The lowest BCUT2D eigenvalue weighted by atomic mass is 10.1. The van der Waals surface area contributed by atoms with Gasteiger partial charge in [-0.2, -0.15) is 0 Å². The molecule has 0 amide bonds. The van der Waals surface area contributed by atoms with Crippen LogP contribution in [0, 0.1) is 0 Å². The van der Waals surface area contributed by atoms with E-state index in [0.717, 1.165) is 22.9 Å². The lowest BCUT2D eigenvalue weighted by Gasteiger charge is -2.21. The Balaban J connectivity index is 2.36. The third-order valence-corrected chi connectivity index (χ3v) is 3.57. The molecule has 0 bridgehead atoms. The molecule has 0 saturated heterocycles. The highest BCUT2D eigenvalue weighted by Gasteiger charge is 2.09. The van der Waals surface area contributed by atoms with Crippen molar-refractivity contribution in [2.24, 2.45) is 0 Å². The predicted molar refractivity (Wildman–Crippen MR) is 76.9 cm³/mol. The number of hydrogen-bond acceptors (Lipinski definition) is 3. The predicted octanol–water partition coefficient (Wildman–Crippen LogP) is 3.77. The van der Waals surface area contributed by atoms with Gasteiger partial charge >= 0.3 is 0 Å². The van der Waals surface area contributed by atoms with Gasteiger partial charge in [0.1, 0.15) is 5.03 Å². The fourth-order valence-corrected chi connectivity index (χ4v) is 2.16. The van der Waals surface area contributed by atoms with Crippen LogP contribution < -0.4 is 5.32 Å². The van der Waals surface area contributed by atoms with E-state index in [0.29, 0.717) is 5.02 Å². The smallest absolute Gasteiger partial charge is 0.115 e. The first-order valence-corrected chi connectivity index (χ1v) is 6.90. The van der Waals surface area contributed by atoms with E-state index in [1.54, 1.807) is 18.0 Å². The topological polar surface area (TPSA) is 24.9 Å². The molecule has 1 aromatic heterocycles. The minimum Gasteiger partial charge on any atom is -0.308 e. The van der Waals surface area contributed by atoms with Crippen LogP contribution in [-0.2, 0) is 0 Å². The van der Waals surface area contributed by atoms with Crippen LogP contribution in [0.4, 0.5) is 0 Å². The van der Waals surface area contributed by atoms with Crippen molar-refractivity contribution in [2.45, 2.75) is 31.3 Å². The van der Waals surface area contributed by atoms with Crippen LogP contribution in [0.3, 0.4) is 0 Å². The van der Waals surface area contributed by atoms with Gasteiger partial charge in [0.25, 0.3) is 0 Å². The van der Waals surface area contributed by atoms with E-state index in [-0.39, 0.29) is 5.54 Å². The Labute approximate surface area is 113 Å². The van der Waals surface area contributed by atoms with Gasteiger partial charge in [0, 0.05) is 24.0 Å². The molecule has 0 aliphatic carbocycles. The summed E-state index contributed by atoms with van der Waals surface area (Å²) < 4.78 is 0. The molecule has 94 valence electrons. The molecule has 1 aromatic rings. The Morgan fingerprint density at radius 3 is 2.82 bits per heavy atom.